The fourth-order valence-corrected chi connectivity index (χ4v) is 4.14. The molecule has 1 unspecified atom stereocenters. The Bertz CT molecular complexity index is 801. The summed E-state index contributed by atoms with van der Waals surface area (Å²) in [6, 6.07) is 8.18. The SMILES string of the molecule is CCn1c(SCC(=O)N2CCOCC2)nnc1C(C)Oc1ccc(C(C)C)cc1. The van der Waals surface area contributed by atoms with Crippen molar-refractivity contribution in [1.82, 2.24) is 19.7 Å². The Labute approximate surface area is 176 Å². The molecule has 158 valence electrons. The molecule has 1 amide bonds. The van der Waals surface area contributed by atoms with Gasteiger partial charge in [0.15, 0.2) is 17.1 Å². The Morgan fingerprint density at radius 3 is 2.48 bits per heavy atom. The lowest BCUT2D eigenvalue weighted by Gasteiger charge is -2.26. The van der Waals surface area contributed by atoms with Gasteiger partial charge in [0, 0.05) is 19.6 Å². The molecular weight excluding hydrogens is 388 g/mol. The number of hydrogen-bond donors (Lipinski definition) is 0. The third-order valence-electron chi connectivity index (χ3n) is 4.97. The molecule has 0 saturated carbocycles. The van der Waals surface area contributed by atoms with Crippen molar-refractivity contribution in [1.29, 1.82) is 0 Å². The van der Waals surface area contributed by atoms with Crippen LogP contribution in [0.15, 0.2) is 29.4 Å². The summed E-state index contributed by atoms with van der Waals surface area (Å²) in [5.41, 5.74) is 1.28. The first kappa shape index (κ1) is 21.6. The van der Waals surface area contributed by atoms with E-state index < -0.39 is 0 Å². The van der Waals surface area contributed by atoms with Gasteiger partial charge < -0.3 is 18.9 Å². The molecule has 0 radical (unpaired) electrons. The summed E-state index contributed by atoms with van der Waals surface area (Å²) in [4.78, 5) is 14.2. The molecule has 1 aliphatic rings. The summed E-state index contributed by atoms with van der Waals surface area (Å²) in [6.45, 7) is 11.6. The second-order valence-electron chi connectivity index (χ2n) is 7.35. The largest absolute Gasteiger partial charge is 0.483 e. The first-order chi connectivity index (χ1) is 14.0. The number of nitrogens with zero attached hydrogens (tertiary/aromatic N) is 4. The summed E-state index contributed by atoms with van der Waals surface area (Å²) < 4.78 is 13.4. The highest BCUT2D eigenvalue weighted by molar-refractivity contribution is 7.99. The van der Waals surface area contributed by atoms with Crippen molar-refractivity contribution in [2.45, 2.75) is 51.4 Å². The summed E-state index contributed by atoms with van der Waals surface area (Å²) in [5, 5.41) is 9.39. The van der Waals surface area contributed by atoms with Gasteiger partial charge in [0.25, 0.3) is 0 Å². The van der Waals surface area contributed by atoms with Gasteiger partial charge in [0.2, 0.25) is 5.91 Å². The van der Waals surface area contributed by atoms with Gasteiger partial charge in [-0.3, -0.25) is 4.79 Å². The second-order valence-corrected chi connectivity index (χ2v) is 8.29. The summed E-state index contributed by atoms with van der Waals surface area (Å²) >= 11 is 1.42. The minimum Gasteiger partial charge on any atom is -0.483 e. The van der Waals surface area contributed by atoms with E-state index in [1.54, 1.807) is 0 Å². The molecule has 1 fully saturated rings. The number of thioether (sulfide) groups is 1. The molecular formula is C21H30N4O3S. The van der Waals surface area contributed by atoms with E-state index in [2.05, 4.69) is 36.2 Å². The fourth-order valence-electron chi connectivity index (χ4n) is 3.22. The van der Waals surface area contributed by atoms with E-state index in [0.717, 1.165) is 23.3 Å². The number of amides is 1. The van der Waals surface area contributed by atoms with Crippen LogP contribution >= 0.6 is 11.8 Å². The summed E-state index contributed by atoms with van der Waals surface area (Å²) in [6.07, 6.45) is -0.239. The van der Waals surface area contributed by atoms with Crippen LogP contribution in [0.2, 0.25) is 0 Å². The molecule has 2 aromatic rings. The van der Waals surface area contributed by atoms with Crippen molar-refractivity contribution < 1.29 is 14.3 Å². The molecule has 0 bridgehead atoms. The van der Waals surface area contributed by atoms with Crippen molar-refractivity contribution in [3.63, 3.8) is 0 Å². The van der Waals surface area contributed by atoms with E-state index in [4.69, 9.17) is 9.47 Å². The zero-order chi connectivity index (χ0) is 20.8. The topological polar surface area (TPSA) is 69.5 Å². The highest BCUT2D eigenvalue weighted by Crippen LogP contribution is 2.26. The quantitative estimate of drug-likeness (QED) is 0.611. The predicted octanol–water partition coefficient (Wildman–Crippen LogP) is 3.51. The number of ether oxygens (including phenoxy) is 2. The van der Waals surface area contributed by atoms with Crippen LogP contribution in [0.5, 0.6) is 5.75 Å². The van der Waals surface area contributed by atoms with Crippen molar-refractivity contribution in [3.8, 4) is 5.75 Å². The van der Waals surface area contributed by atoms with Crippen molar-refractivity contribution in [2.75, 3.05) is 32.1 Å². The molecule has 1 aromatic carbocycles. The first-order valence-corrected chi connectivity index (χ1v) is 11.2. The summed E-state index contributed by atoms with van der Waals surface area (Å²) in [5.74, 6) is 2.53. The standard InChI is InChI=1S/C21H30N4O3S/c1-5-25-20(16(4)28-18-8-6-17(7-9-18)15(2)3)22-23-21(25)29-14-19(26)24-10-12-27-13-11-24/h6-9,15-16H,5,10-14H2,1-4H3. The zero-order valence-electron chi connectivity index (χ0n) is 17.6. The van der Waals surface area contributed by atoms with Crippen LogP contribution < -0.4 is 4.74 Å². The van der Waals surface area contributed by atoms with E-state index >= 15 is 0 Å². The van der Waals surface area contributed by atoms with Gasteiger partial charge in [-0.2, -0.15) is 0 Å². The van der Waals surface area contributed by atoms with Crippen LogP contribution in [0.1, 0.15) is 51.1 Å². The molecule has 0 aliphatic carbocycles. The molecule has 29 heavy (non-hydrogen) atoms. The second kappa shape index (κ2) is 10.1. The number of hydrogen-bond acceptors (Lipinski definition) is 6. The highest BCUT2D eigenvalue weighted by Gasteiger charge is 2.21. The van der Waals surface area contributed by atoms with Gasteiger partial charge in [-0.05, 0) is 37.5 Å². The molecule has 1 aromatic heterocycles. The smallest absolute Gasteiger partial charge is 0.233 e. The Kier molecular flexibility index (Phi) is 7.55. The third-order valence-corrected chi connectivity index (χ3v) is 5.92. The molecule has 8 heteroatoms. The van der Waals surface area contributed by atoms with E-state index in [1.165, 1.54) is 17.3 Å². The number of carbonyl (C=O) groups excluding carboxylic acids is 1. The van der Waals surface area contributed by atoms with Crippen molar-refractivity contribution in [2.24, 2.45) is 0 Å². The Hall–Kier alpha value is -2.06. The van der Waals surface area contributed by atoms with Gasteiger partial charge in [0.05, 0.1) is 19.0 Å². The number of carbonyl (C=O) groups is 1. The van der Waals surface area contributed by atoms with Crippen molar-refractivity contribution in [3.05, 3.63) is 35.7 Å². The van der Waals surface area contributed by atoms with Gasteiger partial charge in [-0.15, -0.1) is 10.2 Å². The maximum atomic E-state index is 12.4. The van der Waals surface area contributed by atoms with Gasteiger partial charge >= 0.3 is 0 Å². The lowest BCUT2D eigenvalue weighted by molar-refractivity contribution is -0.132. The Balaban J connectivity index is 1.62. The van der Waals surface area contributed by atoms with Crippen LogP contribution in [-0.4, -0.2) is 57.6 Å². The zero-order valence-corrected chi connectivity index (χ0v) is 18.4. The molecule has 0 N–H and O–H groups in total. The van der Waals surface area contributed by atoms with E-state index in [0.29, 0.717) is 38.0 Å². The molecule has 7 nitrogen and oxygen atoms in total. The van der Waals surface area contributed by atoms with Crippen LogP contribution in [0.3, 0.4) is 0 Å². The average molecular weight is 419 g/mol. The van der Waals surface area contributed by atoms with Crippen LogP contribution in [0, 0.1) is 0 Å². The summed E-state index contributed by atoms with van der Waals surface area (Å²) in [7, 11) is 0. The maximum Gasteiger partial charge on any atom is 0.233 e. The fraction of sp³-hybridized carbons (Fsp3) is 0.571. The van der Waals surface area contributed by atoms with Crippen molar-refractivity contribution >= 4 is 17.7 Å². The molecule has 3 rings (SSSR count). The average Bonchev–Trinajstić information content (AvgIpc) is 3.16. The van der Waals surface area contributed by atoms with Gasteiger partial charge in [-0.25, -0.2) is 0 Å². The molecule has 1 aliphatic heterocycles. The minimum absolute atomic E-state index is 0.111. The molecule has 2 heterocycles. The number of aromatic nitrogens is 3. The van der Waals surface area contributed by atoms with E-state index in [1.807, 2.05) is 35.4 Å². The Morgan fingerprint density at radius 2 is 1.86 bits per heavy atom. The van der Waals surface area contributed by atoms with Gasteiger partial charge in [0.1, 0.15) is 5.75 Å². The predicted molar refractivity (Wildman–Crippen MR) is 113 cm³/mol. The van der Waals surface area contributed by atoms with Crippen LogP contribution in [0.4, 0.5) is 0 Å². The van der Waals surface area contributed by atoms with Gasteiger partial charge in [-0.1, -0.05) is 37.7 Å². The van der Waals surface area contributed by atoms with E-state index in [-0.39, 0.29) is 12.0 Å². The normalized spacial score (nSPS) is 15.6. The lowest BCUT2D eigenvalue weighted by Crippen LogP contribution is -2.41. The van der Waals surface area contributed by atoms with Crippen LogP contribution in [0.25, 0.3) is 0 Å². The van der Waals surface area contributed by atoms with Crippen LogP contribution in [-0.2, 0) is 16.1 Å². The number of morpholine rings is 1. The number of benzene rings is 1. The minimum atomic E-state index is -0.239. The van der Waals surface area contributed by atoms with E-state index in [9.17, 15) is 4.79 Å². The first-order valence-electron chi connectivity index (χ1n) is 10.2. The Morgan fingerprint density at radius 1 is 1.17 bits per heavy atom. The third kappa shape index (κ3) is 5.51. The maximum absolute atomic E-state index is 12.4. The lowest BCUT2D eigenvalue weighted by atomic mass is 10.0. The number of rotatable bonds is 8. The molecule has 1 saturated heterocycles. The monoisotopic (exact) mass is 418 g/mol. The molecule has 1 atom stereocenters. The molecule has 0 spiro atoms. The highest BCUT2D eigenvalue weighted by atomic mass is 32.2.